The van der Waals surface area contributed by atoms with Gasteiger partial charge >= 0.3 is 19.8 Å². The second-order valence-corrected chi connectivity index (χ2v) is 17.3. The lowest BCUT2D eigenvalue weighted by molar-refractivity contribution is -0.161. The Morgan fingerprint density at radius 3 is 1.74 bits per heavy atom. The average Bonchev–Trinajstić information content (AvgIpc) is 3.24. The third-order valence-electron chi connectivity index (χ3n) is 10.0. The Hall–Kier alpha value is -2.63. The van der Waals surface area contributed by atoms with Gasteiger partial charge in [-0.3, -0.25) is 18.6 Å². The number of hydrogen-bond donors (Lipinski definition) is 4. The van der Waals surface area contributed by atoms with Gasteiger partial charge in [0.2, 0.25) is 0 Å². The van der Waals surface area contributed by atoms with Crippen LogP contribution in [0.2, 0.25) is 0 Å². The van der Waals surface area contributed by atoms with Crippen LogP contribution in [0.3, 0.4) is 0 Å². The van der Waals surface area contributed by atoms with Crippen LogP contribution >= 0.6 is 7.82 Å². The van der Waals surface area contributed by atoms with Gasteiger partial charge in [0.05, 0.1) is 25.9 Å². The highest BCUT2D eigenvalue weighted by Gasteiger charge is 2.27. The summed E-state index contributed by atoms with van der Waals surface area (Å²) in [6.07, 6.45) is 44.7. The minimum Gasteiger partial charge on any atom is -0.462 e. The summed E-state index contributed by atoms with van der Waals surface area (Å²) in [7, 11) is -4.67. The maximum atomic E-state index is 12.6. The molecule has 0 spiro atoms. The first-order valence-corrected chi connectivity index (χ1v) is 24.9. The number of unbranched alkanes of at least 4 members (excludes halogenated alkanes) is 13. The largest absolute Gasteiger partial charge is 0.472 e. The fourth-order valence-electron chi connectivity index (χ4n) is 6.02. The Morgan fingerprint density at radius 2 is 1.16 bits per heavy atom. The number of aliphatic hydroxyl groups is 3. The molecule has 0 aliphatic rings. The van der Waals surface area contributed by atoms with Gasteiger partial charge in [-0.05, 0) is 50.9 Å². The van der Waals surface area contributed by atoms with Crippen molar-refractivity contribution in [2.24, 2.45) is 5.92 Å². The summed E-state index contributed by atoms with van der Waals surface area (Å²) in [5, 5.41) is 28.6. The average molecular weight is 881 g/mol. The number of rotatable bonds is 42. The number of phosphoric ester groups is 1. The van der Waals surface area contributed by atoms with E-state index in [2.05, 4.69) is 61.8 Å². The van der Waals surface area contributed by atoms with Gasteiger partial charge in [0, 0.05) is 12.8 Å². The number of carbonyl (C=O) groups is 2. The van der Waals surface area contributed by atoms with Crippen LogP contribution in [0.15, 0.2) is 72.9 Å². The number of allylic oxidation sites excluding steroid dienone is 10. The molecule has 61 heavy (non-hydrogen) atoms. The summed E-state index contributed by atoms with van der Waals surface area (Å²) >= 11 is 0. The van der Waals surface area contributed by atoms with Crippen LogP contribution < -0.4 is 0 Å². The summed E-state index contributed by atoms with van der Waals surface area (Å²) in [6, 6.07) is 0. The van der Waals surface area contributed by atoms with Crippen LogP contribution in [-0.2, 0) is 32.7 Å². The molecule has 5 atom stereocenters. The zero-order valence-corrected chi connectivity index (χ0v) is 39.0. The maximum absolute atomic E-state index is 12.6. The molecule has 352 valence electrons. The summed E-state index contributed by atoms with van der Waals surface area (Å²) < 4.78 is 32.6. The van der Waals surface area contributed by atoms with E-state index in [0.29, 0.717) is 19.3 Å². The predicted molar refractivity (Wildman–Crippen MR) is 248 cm³/mol. The Labute approximate surface area is 370 Å². The fraction of sp³-hybridized carbons (Fsp3) is 0.714. The molecule has 0 aliphatic carbocycles. The van der Waals surface area contributed by atoms with Crippen LogP contribution in [0.5, 0.6) is 0 Å². The second-order valence-electron chi connectivity index (χ2n) is 15.8. The zero-order valence-electron chi connectivity index (χ0n) is 38.1. The van der Waals surface area contributed by atoms with Gasteiger partial charge in [-0.1, -0.05) is 190 Å². The van der Waals surface area contributed by atoms with Crippen LogP contribution in [0.1, 0.15) is 175 Å². The summed E-state index contributed by atoms with van der Waals surface area (Å²) in [6.45, 7) is 4.43. The van der Waals surface area contributed by atoms with Crippen LogP contribution in [0, 0.1) is 5.92 Å². The molecule has 0 aromatic rings. The van der Waals surface area contributed by atoms with Gasteiger partial charge < -0.3 is 29.7 Å². The lowest BCUT2D eigenvalue weighted by atomic mass is 9.99. The lowest BCUT2D eigenvalue weighted by Crippen LogP contribution is -2.29. The van der Waals surface area contributed by atoms with E-state index in [0.717, 1.165) is 50.9 Å². The predicted octanol–water partition coefficient (Wildman–Crippen LogP) is 11.7. The molecule has 0 saturated carbocycles. The van der Waals surface area contributed by atoms with Crippen LogP contribution in [0.4, 0.5) is 0 Å². The third-order valence-corrected chi connectivity index (χ3v) is 11.0. The second kappa shape index (κ2) is 42.7. The quantitative estimate of drug-likeness (QED) is 0.0151. The Morgan fingerprint density at radius 1 is 0.623 bits per heavy atom. The molecule has 0 aromatic carbocycles. The van der Waals surface area contributed by atoms with Crippen molar-refractivity contribution in [2.75, 3.05) is 26.4 Å². The van der Waals surface area contributed by atoms with E-state index >= 15 is 0 Å². The fourth-order valence-corrected chi connectivity index (χ4v) is 6.81. The lowest BCUT2D eigenvalue weighted by Gasteiger charge is -2.20. The maximum Gasteiger partial charge on any atom is 0.472 e. The Balaban J connectivity index is 4.46. The van der Waals surface area contributed by atoms with Gasteiger partial charge in [-0.25, -0.2) is 4.57 Å². The van der Waals surface area contributed by atoms with E-state index in [-0.39, 0.29) is 19.4 Å². The monoisotopic (exact) mass is 881 g/mol. The molecule has 0 rings (SSSR count). The SMILES string of the molecule is CC/C=C\C/C=C\C/C=C\C/C=C\C=C/C(O)C/C=C\CCC(=O)O[C@H](COC(=O)CCCCCCCCCCCCCCCCC(C)CC)COP(=O)(O)OC[C@@H](O)CO. The number of phosphoric acid groups is 1. The number of ether oxygens (including phenoxy) is 2. The molecule has 0 bridgehead atoms. The summed E-state index contributed by atoms with van der Waals surface area (Å²) in [4.78, 5) is 35.1. The first kappa shape index (κ1) is 58.4. The highest BCUT2D eigenvalue weighted by molar-refractivity contribution is 7.47. The molecule has 0 aromatic heterocycles. The van der Waals surface area contributed by atoms with Crippen LogP contribution in [0.25, 0.3) is 0 Å². The topological polar surface area (TPSA) is 169 Å². The Kier molecular flexibility index (Phi) is 40.8. The zero-order chi connectivity index (χ0) is 45.1. The molecule has 0 radical (unpaired) electrons. The molecule has 12 heteroatoms. The molecule has 4 N–H and O–H groups in total. The van der Waals surface area contributed by atoms with Crippen molar-refractivity contribution in [3.05, 3.63) is 72.9 Å². The van der Waals surface area contributed by atoms with Gasteiger partial charge in [0.15, 0.2) is 6.10 Å². The van der Waals surface area contributed by atoms with Gasteiger partial charge in [-0.2, -0.15) is 0 Å². The highest BCUT2D eigenvalue weighted by Crippen LogP contribution is 2.43. The number of carbonyl (C=O) groups excluding carboxylic acids is 2. The summed E-state index contributed by atoms with van der Waals surface area (Å²) in [5.41, 5.74) is 0. The highest BCUT2D eigenvalue weighted by atomic mass is 31.2. The Bertz CT molecular complexity index is 1270. The van der Waals surface area contributed by atoms with Crippen molar-refractivity contribution < 1.29 is 52.9 Å². The molecule has 0 heterocycles. The molecule has 11 nitrogen and oxygen atoms in total. The molecule has 3 unspecified atom stereocenters. The van der Waals surface area contributed by atoms with E-state index in [9.17, 15) is 29.3 Å². The summed E-state index contributed by atoms with van der Waals surface area (Å²) in [5.74, 6) is -0.241. The van der Waals surface area contributed by atoms with Crippen molar-refractivity contribution in [3.63, 3.8) is 0 Å². The first-order chi connectivity index (χ1) is 29.5. The smallest absolute Gasteiger partial charge is 0.462 e. The molecule has 0 fully saturated rings. The van der Waals surface area contributed by atoms with Crippen molar-refractivity contribution in [2.45, 2.75) is 193 Å². The van der Waals surface area contributed by atoms with Crippen molar-refractivity contribution in [1.82, 2.24) is 0 Å². The van der Waals surface area contributed by atoms with E-state index in [1.807, 2.05) is 12.2 Å². The van der Waals surface area contributed by atoms with Crippen molar-refractivity contribution in [1.29, 1.82) is 0 Å². The number of aliphatic hydroxyl groups excluding tert-OH is 3. The molecular formula is C49H85O11P. The van der Waals surface area contributed by atoms with E-state index in [4.69, 9.17) is 19.1 Å². The number of esters is 2. The molecule has 0 saturated heterocycles. The minimum absolute atomic E-state index is 0.0243. The van der Waals surface area contributed by atoms with Gasteiger partial charge in [0.1, 0.15) is 12.7 Å². The van der Waals surface area contributed by atoms with Crippen molar-refractivity contribution >= 4 is 19.8 Å². The van der Waals surface area contributed by atoms with E-state index in [1.165, 1.54) is 77.0 Å². The van der Waals surface area contributed by atoms with Gasteiger partial charge in [-0.15, -0.1) is 0 Å². The van der Waals surface area contributed by atoms with Crippen molar-refractivity contribution in [3.8, 4) is 0 Å². The standard InChI is InChI=1S/C49H85O11P/c1-4-6-7-8-9-10-11-14-18-21-24-27-31-36-45(51)37-32-29-34-39-49(54)60-47(43-59-61(55,56)58-41-46(52)40-50)42-57-48(53)38-33-28-25-22-19-16-13-12-15-17-20-23-26-30-35-44(3)5-2/h6-7,9-10,14,18,24,27,29,31-32,36,44-47,50-52H,4-5,8,11-13,15-17,19-23,25-26,28,30,33-35,37-43H2,1-3H3,(H,55,56)/b7-6-,10-9-,18-14-,27-24-,32-29-,36-31-/t44?,45?,46-,47+/m0/s1. The third kappa shape index (κ3) is 42.4. The molecular weight excluding hydrogens is 796 g/mol. The number of hydrogen-bond acceptors (Lipinski definition) is 10. The normalized spacial score (nSPS) is 15.5. The van der Waals surface area contributed by atoms with E-state index in [1.54, 1.807) is 24.3 Å². The minimum atomic E-state index is -4.67. The van der Waals surface area contributed by atoms with Gasteiger partial charge in [0.25, 0.3) is 0 Å². The van der Waals surface area contributed by atoms with Crippen LogP contribution in [-0.4, -0.2) is 76.9 Å². The van der Waals surface area contributed by atoms with E-state index < -0.39 is 57.9 Å². The molecule has 0 aliphatic heterocycles. The molecule has 0 amide bonds. The first-order valence-electron chi connectivity index (χ1n) is 23.4.